The van der Waals surface area contributed by atoms with Gasteiger partial charge in [0.2, 0.25) is 0 Å². The molecule has 2 N–H and O–H groups in total. The standard InChI is InChI=1S/C23H21BrN2O4/c1-15(19-8-4-6-16-5-2-3-7-20(16)19)26-21(27)14-30-22(28)13-25-23(29)17-9-11-18(24)12-10-17/h2-12,15H,13-14H2,1H3,(H,25,29)(H,26,27). The first kappa shape index (κ1) is 21.5. The smallest absolute Gasteiger partial charge is 0.325 e. The highest BCUT2D eigenvalue weighted by Gasteiger charge is 2.14. The Kier molecular flexibility index (Phi) is 7.19. The molecule has 1 unspecified atom stereocenters. The lowest BCUT2D eigenvalue weighted by Crippen LogP contribution is -2.34. The summed E-state index contributed by atoms with van der Waals surface area (Å²) < 4.78 is 5.81. The topological polar surface area (TPSA) is 84.5 Å². The van der Waals surface area contributed by atoms with Crippen LogP contribution < -0.4 is 10.6 Å². The molecule has 2 amide bonds. The molecular weight excluding hydrogens is 448 g/mol. The lowest BCUT2D eigenvalue weighted by Gasteiger charge is -2.16. The Bertz CT molecular complexity index is 1060. The van der Waals surface area contributed by atoms with Gasteiger partial charge in [-0.1, -0.05) is 58.4 Å². The largest absolute Gasteiger partial charge is 0.454 e. The van der Waals surface area contributed by atoms with Crippen LogP contribution in [0.5, 0.6) is 0 Å². The SMILES string of the molecule is CC(NC(=O)COC(=O)CNC(=O)c1ccc(Br)cc1)c1cccc2ccccc12. The number of nitrogens with one attached hydrogen (secondary N) is 2. The third-order valence-electron chi connectivity index (χ3n) is 4.53. The Balaban J connectivity index is 1.46. The van der Waals surface area contributed by atoms with Crippen LogP contribution in [-0.2, 0) is 14.3 Å². The third kappa shape index (κ3) is 5.67. The van der Waals surface area contributed by atoms with Crippen molar-refractivity contribution in [2.75, 3.05) is 13.2 Å². The van der Waals surface area contributed by atoms with Crippen LogP contribution in [0.3, 0.4) is 0 Å². The number of carbonyl (C=O) groups excluding carboxylic acids is 3. The van der Waals surface area contributed by atoms with Crippen LogP contribution >= 0.6 is 15.9 Å². The molecule has 0 aliphatic rings. The molecule has 7 heteroatoms. The lowest BCUT2D eigenvalue weighted by molar-refractivity contribution is -0.147. The summed E-state index contributed by atoms with van der Waals surface area (Å²) in [6, 6.07) is 20.3. The van der Waals surface area contributed by atoms with Crippen LogP contribution in [0.2, 0.25) is 0 Å². The molecular formula is C23H21BrN2O4. The number of rotatable bonds is 7. The molecule has 3 aromatic carbocycles. The van der Waals surface area contributed by atoms with Gasteiger partial charge in [-0.25, -0.2) is 0 Å². The van der Waals surface area contributed by atoms with Crippen molar-refractivity contribution < 1.29 is 19.1 Å². The maximum atomic E-state index is 12.2. The molecule has 0 radical (unpaired) electrons. The molecule has 6 nitrogen and oxygen atoms in total. The summed E-state index contributed by atoms with van der Waals surface area (Å²) in [6.45, 7) is 1.14. The van der Waals surface area contributed by atoms with E-state index in [1.54, 1.807) is 24.3 Å². The van der Waals surface area contributed by atoms with E-state index in [2.05, 4.69) is 26.6 Å². The molecule has 0 spiro atoms. The summed E-state index contributed by atoms with van der Waals surface area (Å²) in [5.41, 5.74) is 1.40. The van der Waals surface area contributed by atoms with Crippen LogP contribution in [0.25, 0.3) is 10.8 Å². The van der Waals surface area contributed by atoms with Crippen LogP contribution in [0, 0.1) is 0 Å². The normalized spacial score (nSPS) is 11.5. The first-order valence-electron chi connectivity index (χ1n) is 9.40. The van der Waals surface area contributed by atoms with Gasteiger partial charge < -0.3 is 15.4 Å². The summed E-state index contributed by atoms with van der Waals surface area (Å²) in [5, 5.41) is 7.44. The zero-order valence-electron chi connectivity index (χ0n) is 16.4. The van der Waals surface area contributed by atoms with Gasteiger partial charge in [0.05, 0.1) is 6.04 Å². The molecule has 0 heterocycles. The Morgan fingerprint density at radius 3 is 2.43 bits per heavy atom. The van der Waals surface area contributed by atoms with Crippen molar-refractivity contribution in [1.29, 1.82) is 0 Å². The van der Waals surface area contributed by atoms with E-state index in [1.165, 1.54) is 0 Å². The van der Waals surface area contributed by atoms with Crippen molar-refractivity contribution in [1.82, 2.24) is 10.6 Å². The number of hydrogen-bond acceptors (Lipinski definition) is 4. The number of halogens is 1. The van der Waals surface area contributed by atoms with Gasteiger partial charge in [0.15, 0.2) is 6.61 Å². The second-order valence-corrected chi connectivity index (χ2v) is 7.62. The fourth-order valence-electron chi connectivity index (χ4n) is 3.04. The van der Waals surface area contributed by atoms with Gasteiger partial charge in [-0.05, 0) is 47.5 Å². The first-order valence-corrected chi connectivity index (χ1v) is 10.2. The molecule has 3 aromatic rings. The molecule has 0 aliphatic carbocycles. The van der Waals surface area contributed by atoms with Crippen molar-refractivity contribution in [2.45, 2.75) is 13.0 Å². The van der Waals surface area contributed by atoms with Gasteiger partial charge in [0.1, 0.15) is 6.54 Å². The Hall–Kier alpha value is -3.19. The van der Waals surface area contributed by atoms with Crippen molar-refractivity contribution >= 4 is 44.5 Å². The summed E-state index contributed by atoms with van der Waals surface area (Å²) in [6.07, 6.45) is 0. The second-order valence-electron chi connectivity index (χ2n) is 6.71. The summed E-state index contributed by atoms with van der Waals surface area (Å²) >= 11 is 3.29. The van der Waals surface area contributed by atoms with Crippen molar-refractivity contribution in [3.63, 3.8) is 0 Å². The van der Waals surface area contributed by atoms with Crippen molar-refractivity contribution in [3.05, 3.63) is 82.3 Å². The van der Waals surface area contributed by atoms with E-state index in [9.17, 15) is 14.4 Å². The van der Waals surface area contributed by atoms with E-state index in [-0.39, 0.29) is 12.6 Å². The number of amides is 2. The Morgan fingerprint density at radius 1 is 0.967 bits per heavy atom. The summed E-state index contributed by atoms with van der Waals surface area (Å²) in [5.74, 6) is -1.50. The zero-order valence-corrected chi connectivity index (χ0v) is 17.9. The van der Waals surface area contributed by atoms with Crippen LogP contribution in [0.1, 0.15) is 28.9 Å². The molecule has 0 aromatic heterocycles. The Labute approximate surface area is 182 Å². The van der Waals surface area contributed by atoms with Crippen LogP contribution in [-0.4, -0.2) is 30.9 Å². The van der Waals surface area contributed by atoms with Crippen LogP contribution in [0.4, 0.5) is 0 Å². The molecule has 0 fully saturated rings. The number of fused-ring (bicyclic) bond motifs is 1. The Morgan fingerprint density at radius 2 is 1.67 bits per heavy atom. The van der Waals surface area contributed by atoms with E-state index in [0.29, 0.717) is 5.56 Å². The minimum Gasteiger partial charge on any atom is -0.454 e. The highest BCUT2D eigenvalue weighted by Crippen LogP contribution is 2.23. The predicted molar refractivity (Wildman–Crippen MR) is 118 cm³/mol. The third-order valence-corrected chi connectivity index (χ3v) is 5.06. The maximum Gasteiger partial charge on any atom is 0.325 e. The highest BCUT2D eigenvalue weighted by molar-refractivity contribution is 9.10. The van der Waals surface area contributed by atoms with Crippen molar-refractivity contribution in [3.8, 4) is 0 Å². The van der Waals surface area contributed by atoms with E-state index >= 15 is 0 Å². The van der Waals surface area contributed by atoms with Gasteiger partial charge >= 0.3 is 5.97 Å². The maximum absolute atomic E-state index is 12.2. The van der Waals surface area contributed by atoms with E-state index in [4.69, 9.17) is 4.74 Å². The van der Waals surface area contributed by atoms with Gasteiger partial charge in [0.25, 0.3) is 11.8 Å². The summed E-state index contributed by atoms with van der Waals surface area (Å²) in [4.78, 5) is 36.0. The minimum atomic E-state index is -0.687. The number of ether oxygens (including phenoxy) is 1. The van der Waals surface area contributed by atoms with E-state index in [1.807, 2.05) is 49.4 Å². The number of carbonyl (C=O) groups is 3. The monoisotopic (exact) mass is 468 g/mol. The molecule has 0 saturated heterocycles. The van der Waals surface area contributed by atoms with Crippen molar-refractivity contribution in [2.24, 2.45) is 0 Å². The predicted octanol–water partition coefficient (Wildman–Crippen LogP) is 3.75. The van der Waals surface area contributed by atoms with Gasteiger partial charge in [-0.15, -0.1) is 0 Å². The zero-order chi connectivity index (χ0) is 21.5. The second kappa shape index (κ2) is 10.0. The molecule has 30 heavy (non-hydrogen) atoms. The molecule has 3 rings (SSSR count). The highest BCUT2D eigenvalue weighted by atomic mass is 79.9. The average Bonchev–Trinajstić information content (AvgIpc) is 2.76. The van der Waals surface area contributed by atoms with Gasteiger partial charge in [-0.3, -0.25) is 14.4 Å². The molecule has 0 saturated carbocycles. The lowest BCUT2D eigenvalue weighted by atomic mass is 10.00. The average molecular weight is 469 g/mol. The molecule has 0 aliphatic heterocycles. The van der Waals surface area contributed by atoms with Gasteiger partial charge in [0, 0.05) is 10.0 Å². The quantitative estimate of drug-likeness (QED) is 0.517. The number of hydrogen-bond donors (Lipinski definition) is 2. The fraction of sp³-hybridized carbons (Fsp3) is 0.174. The molecule has 1 atom stereocenters. The summed E-state index contributed by atoms with van der Waals surface area (Å²) in [7, 11) is 0. The molecule has 154 valence electrons. The minimum absolute atomic E-state index is 0.251. The fourth-order valence-corrected chi connectivity index (χ4v) is 3.31. The number of esters is 1. The number of benzene rings is 3. The first-order chi connectivity index (χ1) is 14.4. The van der Waals surface area contributed by atoms with Crippen LogP contribution in [0.15, 0.2) is 71.2 Å². The van der Waals surface area contributed by atoms with Gasteiger partial charge in [-0.2, -0.15) is 0 Å². The molecule has 0 bridgehead atoms. The van der Waals surface area contributed by atoms with E-state index in [0.717, 1.165) is 20.8 Å². The van der Waals surface area contributed by atoms with E-state index < -0.39 is 24.4 Å².